The molecule has 0 fully saturated rings. The summed E-state index contributed by atoms with van der Waals surface area (Å²) < 4.78 is 4.26. The van der Waals surface area contributed by atoms with Crippen LogP contribution in [-0.4, -0.2) is 25.6 Å². The molecule has 104 valence electrons. The summed E-state index contributed by atoms with van der Waals surface area (Å²) in [4.78, 5) is 8.45. The molecule has 0 unspecified atom stereocenters. The summed E-state index contributed by atoms with van der Waals surface area (Å²) >= 11 is 0. The number of nitrogens with one attached hydrogen (secondary N) is 1. The Kier molecular flexibility index (Phi) is 5.15. The molecule has 1 N–H and O–H groups in total. The van der Waals surface area contributed by atoms with Crippen molar-refractivity contribution in [3.63, 3.8) is 0 Å². The molecule has 0 saturated carbocycles. The molecule has 19 heavy (non-hydrogen) atoms. The maximum Gasteiger partial charge on any atom is 0.0949 e. The van der Waals surface area contributed by atoms with Crippen molar-refractivity contribution in [1.82, 2.24) is 24.4 Å². The Hall–Kier alpha value is -1.62. The number of aryl methyl sites for hydroxylation is 2. The van der Waals surface area contributed by atoms with E-state index in [1.165, 1.54) is 0 Å². The zero-order valence-corrected chi connectivity index (χ0v) is 11.8. The lowest BCUT2D eigenvalue weighted by Gasteiger charge is -2.05. The number of imidazole rings is 2. The highest BCUT2D eigenvalue weighted by atomic mass is 15.1. The summed E-state index contributed by atoms with van der Waals surface area (Å²) in [6, 6.07) is 0. The molecule has 2 aromatic rings. The SMILES string of the molecule is CC(C)CNCc1cn(CCCn2ccnc2)cn1. The topological polar surface area (TPSA) is 47.7 Å². The van der Waals surface area contributed by atoms with Crippen LogP contribution in [0.15, 0.2) is 31.2 Å². The van der Waals surface area contributed by atoms with Gasteiger partial charge in [-0.15, -0.1) is 0 Å². The van der Waals surface area contributed by atoms with Crippen LogP contribution in [0.1, 0.15) is 26.0 Å². The van der Waals surface area contributed by atoms with Gasteiger partial charge in [0.05, 0.1) is 18.3 Å². The van der Waals surface area contributed by atoms with Gasteiger partial charge in [-0.25, -0.2) is 9.97 Å². The molecule has 0 aliphatic carbocycles. The second-order valence-corrected chi connectivity index (χ2v) is 5.28. The van der Waals surface area contributed by atoms with E-state index >= 15 is 0 Å². The summed E-state index contributed by atoms with van der Waals surface area (Å²) in [5.41, 5.74) is 1.11. The van der Waals surface area contributed by atoms with Gasteiger partial charge in [0, 0.05) is 38.2 Å². The van der Waals surface area contributed by atoms with E-state index in [9.17, 15) is 0 Å². The van der Waals surface area contributed by atoms with Crippen LogP contribution in [0.25, 0.3) is 0 Å². The average Bonchev–Trinajstić information content (AvgIpc) is 3.00. The second-order valence-electron chi connectivity index (χ2n) is 5.28. The highest BCUT2D eigenvalue weighted by Gasteiger charge is 2.00. The zero-order chi connectivity index (χ0) is 13.5. The van der Waals surface area contributed by atoms with E-state index in [0.29, 0.717) is 5.92 Å². The van der Waals surface area contributed by atoms with Gasteiger partial charge in [0.25, 0.3) is 0 Å². The first kappa shape index (κ1) is 13.8. The van der Waals surface area contributed by atoms with E-state index in [2.05, 4.69) is 44.5 Å². The monoisotopic (exact) mass is 261 g/mol. The van der Waals surface area contributed by atoms with E-state index < -0.39 is 0 Å². The Morgan fingerprint density at radius 2 is 2.05 bits per heavy atom. The van der Waals surface area contributed by atoms with Crippen LogP contribution in [0.2, 0.25) is 0 Å². The largest absolute Gasteiger partial charge is 0.337 e. The molecule has 0 amide bonds. The van der Waals surface area contributed by atoms with Crippen molar-refractivity contribution in [3.05, 3.63) is 36.9 Å². The van der Waals surface area contributed by atoms with Gasteiger partial charge in [-0.3, -0.25) is 0 Å². The minimum absolute atomic E-state index is 0.678. The lowest BCUT2D eigenvalue weighted by molar-refractivity contribution is 0.547. The van der Waals surface area contributed by atoms with Gasteiger partial charge < -0.3 is 14.5 Å². The van der Waals surface area contributed by atoms with E-state index in [4.69, 9.17) is 0 Å². The van der Waals surface area contributed by atoms with Crippen LogP contribution in [0.4, 0.5) is 0 Å². The Balaban J connectivity index is 1.68. The van der Waals surface area contributed by atoms with Crippen LogP contribution in [-0.2, 0) is 19.6 Å². The normalized spacial score (nSPS) is 11.3. The Labute approximate surface area is 114 Å². The molecule has 0 radical (unpaired) electrons. The number of hydrogen-bond donors (Lipinski definition) is 1. The predicted octanol–water partition coefficient (Wildman–Crippen LogP) is 1.92. The smallest absolute Gasteiger partial charge is 0.0949 e. The number of aromatic nitrogens is 4. The Bertz CT molecular complexity index is 458. The minimum atomic E-state index is 0.678. The maximum atomic E-state index is 4.41. The number of rotatable bonds is 8. The quantitative estimate of drug-likeness (QED) is 0.789. The van der Waals surface area contributed by atoms with Crippen molar-refractivity contribution < 1.29 is 0 Å². The van der Waals surface area contributed by atoms with Gasteiger partial charge in [-0.2, -0.15) is 0 Å². The van der Waals surface area contributed by atoms with Gasteiger partial charge >= 0.3 is 0 Å². The summed E-state index contributed by atoms with van der Waals surface area (Å²) in [7, 11) is 0. The summed E-state index contributed by atoms with van der Waals surface area (Å²) in [6.07, 6.45) is 10.8. The lowest BCUT2D eigenvalue weighted by Crippen LogP contribution is -2.19. The second kappa shape index (κ2) is 7.09. The van der Waals surface area contributed by atoms with Gasteiger partial charge in [-0.1, -0.05) is 13.8 Å². The molecule has 2 rings (SSSR count). The van der Waals surface area contributed by atoms with Crippen molar-refractivity contribution in [2.24, 2.45) is 5.92 Å². The zero-order valence-electron chi connectivity index (χ0n) is 11.8. The summed E-state index contributed by atoms with van der Waals surface area (Å²) in [5, 5.41) is 3.40. The van der Waals surface area contributed by atoms with Gasteiger partial charge in [0.15, 0.2) is 0 Å². The molecular weight excluding hydrogens is 238 g/mol. The van der Waals surface area contributed by atoms with Crippen LogP contribution in [0.5, 0.6) is 0 Å². The molecule has 0 saturated heterocycles. The first-order valence-electron chi connectivity index (χ1n) is 6.91. The molecule has 0 aliphatic rings. The average molecular weight is 261 g/mol. The third-order valence-corrected chi connectivity index (χ3v) is 2.94. The molecule has 0 spiro atoms. The number of hydrogen-bond acceptors (Lipinski definition) is 3. The molecule has 0 aromatic carbocycles. The van der Waals surface area contributed by atoms with E-state index in [-0.39, 0.29) is 0 Å². The molecular formula is C14H23N5. The standard InChI is InChI=1S/C14H23N5/c1-13(2)8-16-9-14-10-19(12-17-14)6-3-5-18-7-4-15-11-18/h4,7,10-13,16H,3,5-6,8-9H2,1-2H3. The van der Waals surface area contributed by atoms with Crippen molar-refractivity contribution >= 4 is 0 Å². The van der Waals surface area contributed by atoms with Crippen LogP contribution < -0.4 is 5.32 Å². The molecule has 0 atom stereocenters. The molecule has 5 nitrogen and oxygen atoms in total. The fourth-order valence-electron chi connectivity index (χ4n) is 1.96. The summed E-state index contributed by atoms with van der Waals surface area (Å²) in [5.74, 6) is 0.678. The minimum Gasteiger partial charge on any atom is -0.337 e. The van der Waals surface area contributed by atoms with Gasteiger partial charge in [0.2, 0.25) is 0 Å². The first-order valence-corrected chi connectivity index (χ1v) is 6.91. The Morgan fingerprint density at radius 1 is 1.21 bits per heavy atom. The predicted molar refractivity (Wildman–Crippen MR) is 75.6 cm³/mol. The molecule has 0 bridgehead atoms. The summed E-state index contributed by atoms with van der Waals surface area (Å²) in [6.45, 7) is 8.30. The number of nitrogens with zero attached hydrogens (tertiary/aromatic N) is 4. The highest BCUT2D eigenvalue weighted by Crippen LogP contribution is 2.00. The van der Waals surface area contributed by atoms with Crippen LogP contribution in [0, 0.1) is 5.92 Å². The van der Waals surface area contributed by atoms with Gasteiger partial charge in [-0.05, 0) is 18.9 Å². The third-order valence-electron chi connectivity index (χ3n) is 2.94. The van der Waals surface area contributed by atoms with Crippen LogP contribution >= 0.6 is 0 Å². The molecule has 2 aromatic heterocycles. The maximum absolute atomic E-state index is 4.41. The van der Waals surface area contributed by atoms with Crippen LogP contribution in [0.3, 0.4) is 0 Å². The van der Waals surface area contributed by atoms with Crippen molar-refractivity contribution in [1.29, 1.82) is 0 Å². The van der Waals surface area contributed by atoms with Crippen molar-refractivity contribution in [2.75, 3.05) is 6.54 Å². The molecule has 0 aliphatic heterocycles. The van der Waals surface area contributed by atoms with Crippen molar-refractivity contribution in [3.8, 4) is 0 Å². The fraction of sp³-hybridized carbons (Fsp3) is 0.571. The highest BCUT2D eigenvalue weighted by molar-refractivity contribution is 4.96. The molecule has 2 heterocycles. The fourth-order valence-corrected chi connectivity index (χ4v) is 1.96. The third kappa shape index (κ3) is 4.87. The van der Waals surface area contributed by atoms with E-state index in [1.54, 1.807) is 0 Å². The van der Waals surface area contributed by atoms with Gasteiger partial charge in [0.1, 0.15) is 0 Å². The molecule has 5 heteroatoms. The van der Waals surface area contributed by atoms with E-state index in [0.717, 1.165) is 38.3 Å². The first-order chi connectivity index (χ1) is 9.24. The lowest BCUT2D eigenvalue weighted by atomic mass is 10.2. The van der Waals surface area contributed by atoms with Crippen molar-refractivity contribution in [2.45, 2.75) is 39.9 Å². The van der Waals surface area contributed by atoms with E-state index in [1.807, 2.05) is 25.0 Å². The Morgan fingerprint density at radius 3 is 2.79 bits per heavy atom.